The van der Waals surface area contributed by atoms with Gasteiger partial charge in [0.05, 0.1) is 11.2 Å². The van der Waals surface area contributed by atoms with Crippen LogP contribution < -0.4 is 5.73 Å². The van der Waals surface area contributed by atoms with Crippen molar-refractivity contribution in [3.63, 3.8) is 0 Å². The normalized spacial score (nSPS) is 33.3. The van der Waals surface area contributed by atoms with Crippen molar-refractivity contribution in [3.05, 3.63) is 24.3 Å². The first-order chi connectivity index (χ1) is 5.77. The zero-order valence-electron chi connectivity index (χ0n) is 7.20. The molecule has 64 valence electrons. The van der Waals surface area contributed by atoms with Crippen molar-refractivity contribution < 1.29 is 0 Å². The molecule has 0 amide bonds. The number of hydrogen-bond acceptors (Lipinski definition) is 3. The minimum atomic E-state index is -0.141. The second kappa shape index (κ2) is 2.52. The van der Waals surface area contributed by atoms with Crippen LogP contribution in [-0.4, -0.2) is 9.97 Å². The van der Waals surface area contributed by atoms with Gasteiger partial charge in [0.15, 0.2) is 0 Å². The van der Waals surface area contributed by atoms with Crippen molar-refractivity contribution in [3.8, 4) is 0 Å². The van der Waals surface area contributed by atoms with Gasteiger partial charge in [-0.15, -0.1) is 0 Å². The van der Waals surface area contributed by atoms with Gasteiger partial charge < -0.3 is 5.73 Å². The Morgan fingerprint density at radius 3 is 3.08 bits per heavy atom. The van der Waals surface area contributed by atoms with E-state index in [0.717, 1.165) is 18.5 Å². The summed E-state index contributed by atoms with van der Waals surface area (Å²) in [5.41, 5.74) is 6.98. The molecule has 2 unspecified atom stereocenters. The molecule has 1 saturated carbocycles. The predicted octanol–water partition coefficient (Wildman–Crippen LogP) is 1.06. The summed E-state index contributed by atoms with van der Waals surface area (Å²) in [6.45, 7) is 2.17. The molecule has 2 N–H and O–H groups in total. The van der Waals surface area contributed by atoms with E-state index in [1.807, 2.05) is 6.07 Å². The molecule has 2 atom stereocenters. The zero-order chi connectivity index (χ0) is 8.60. The second-order valence-corrected chi connectivity index (χ2v) is 3.44. The average molecular weight is 163 g/mol. The molecule has 3 nitrogen and oxygen atoms in total. The second-order valence-electron chi connectivity index (χ2n) is 3.44. The lowest BCUT2D eigenvalue weighted by Gasteiger charge is -2.08. The molecule has 12 heavy (non-hydrogen) atoms. The van der Waals surface area contributed by atoms with Crippen LogP contribution in [0.25, 0.3) is 0 Å². The van der Waals surface area contributed by atoms with Crippen LogP contribution in [0.2, 0.25) is 0 Å². The fourth-order valence-electron chi connectivity index (χ4n) is 1.74. The monoisotopic (exact) mass is 163 g/mol. The van der Waals surface area contributed by atoms with Crippen molar-refractivity contribution in [2.24, 2.45) is 11.7 Å². The summed E-state index contributed by atoms with van der Waals surface area (Å²) in [5, 5.41) is 0. The van der Waals surface area contributed by atoms with Crippen molar-refractivity contribution in [1.82, 2.24) is 9.97 Å². The van der Waals surface area contributed by atoms with Gasteiger partial charge in [0.1, 0.15) is 6.33 Å². The van der Waals surface area contributed by atoms with Gasteiger partial charge in [-0.05, 0) is 18.4 Å². The van der Waals surface area contributed by atoms with Crippen LogP contribution in [-0.2, 0) is 5.54 Å². The lowest BCUT2D eigenvalue weighted by Crippen LogP contribution is -2.23. The van der Waals surface area contributed by atoms with Gasteiger partial charge in [-0.3, -0.25) is 0 Å². The lowest BCUT2D eigenvalue weighted by molar-refractivity contribution is 0.596. The Labute approximate surface area is 72.0 Å². The third-order valence-electron chi connectivity index (χ3n) is 2.70. The first-order valence-corrected chi connectivity index (χ1v) is 4.32. The highest BCUT2D eigenvalue weighted by Gasteiger charge is 2.51. The van der Waals surface area contributed by atoms with E-state index in [4.69, 9.17) is 5.73 Å². The number of rotatable bonds is 2. The SMILES string of the molecule is CCC1CC1(N)c1ccncn1. The number of hydrogen-bond donors (Lipinski definition) is 1. The molecule has 1 aromatic heterocycles. The van der Waals surface area contributed by atoms with Crippen LogP contribution in [0.15, 0.2) is 18.6 Å². The molecule has 0 bridgehead atoms. The molecule has 1 aromatic rings. The zero-order valence-corrected chi connectivity index (χ0v) is 7.20. The fraction of sp³-hybridized carbons (Fsp3) is 0.556. The highest BCUT2D eigenvalue weighted by molar-refractivity contribution is 5.23. The largest absolute Gasteiger partial charge is 0.320 e. The van der Waals surface area contributed by atoms with Gasteiger partial charge in [0.2, 0.25) is 0 Å². The topological polar surface area (TPSA) is 51.8 Å². The van der Waals surface area contributed by atoms with E-state index in [2.05, 4.69) is 16.9 Å². The summed E-state index contributed by atoms with van der Waals surface area (Å²) in [4.78, 5) is 8.05. The summed E-state index contributed by atoms with van der Waals surface area (Å²) < 4.78 is 0. The molecular weight excluding hydrogens is 150 g/mol. The average Bonchev–Trinajstić information content (AvgIpc) is 2.81. The summed E-state index contributed by atoms with van der Waals surface area (Å²) in [5.74, 6) is 0.618. The first-order valence-electron chi connectivity index (χ1n) is 4.32. The molecular formula is C9H13N3. The van der Waals surface area contributed by atoms with E-state index in [0.29, 0.717) is 5.92 Å². The lowest BCUT2D eigenvalue weighted by atomic mass is 10.1. The highest BCUT2D eigenvalue weighted by Crippen LogP contribution is 2.50. The Morgan fingerprint density at radius 2 is 2.58 bits per heavy atom. The van der Waals surface area contributed by atoms with Crippen LogP contribution in [0.3, 0.4) is 0 Å². The number of nitrogens with two attached hydrogens (primary N) is 1. The molecule has 1 aliphatic rings. The summed E-state index contributed by atoms with van der Waals surface area (Å²) >= 11 is 0. The molecule has 3 heteroatoms. The molecule has 1 aliphatic carbocycles. The fourth-order valence-corrected chi connectivity index (χ4v) is 1.74. The van der Waals surface area contributed by atoms with E-state index in [1.54, 1.807) is 12.5 Å². The van der Waals surface area contributed by atoms with Crippen molar-refractivity contribution >= 4 is 0 Å². The summed E-state index contributed by atoms with van der Waals surface area (Å²) in [7, 11) is 0. The van der Waals surface area contributed by atoms with Gasteiger partial charge in [0.25, 0.3) is 0 Å². The Kier molecular flexibility index (Phi) is 1.61. The quantitative estimate of drug-likeness (QED) is 0.709. The Hall–Kier alpha value is -0.960. The van der Waals surface area contributed by atoms with E-state index in [1.165, 1.54) is 0 Å². The molecule has 2 rings (SSSR count). The van der Waals surface area contributed by atoms with Crippen LogP contribution in [0, 0.1) is 5.92 Å². The Balaban J connectivity index is 2.23. The highest BCUT2D eigenvalue weighted by atomic mass is 14.9. The minimum Gasteiger partial charge on any atom is -0.320 e. The van der Waals surface area contributed by atoms with E-state index < -0.39 is 0 Å². The van der Waals surface area contributed by atoms with Gasteiger partial charge >= 0.3 is 0 Å². The van der Waals surface area contributed by atoms with Gasteiger partial charge in [0, 0.05) is 6.20 Å². The van der Waals surface area contributed by atoms with E-state index in [-0.39, 0.29) is 5.54 Å². The molecule has 0 spiro atoms. The molecule has 1 heterocycles. The maximum atomic E-state index is 6.13. The Bertz CT molecular complexity index is 272. The molecule has 0 radical (unpaired) electrons. The van der Waals surface area contributed by atoms with Crippen molar-refractivity contribution in [2.75, 3.05) is 0 Å². The maximum Gasteiger partial charge on any atom is 0.115 e. The Morgan fingerprint density at radius 1 is 1.75 bits per heavy atom. The number of nitrogens with zero attached hydrogens (tertiary/aromatic N) is 2. The van der Waals surface area contributed by atoms with Crippen LogP contribution in [0.5, 0.6) is 0 Å². The molecule has 0 saturated heterocycles. The summed E-state index contributed by atoms with van der Waals surface area (Å²) in [6, 6.07) is 1.91. The van der Waals surface area contributed by atoms with Gasteiger partial charge in [-0.1, -0.05) is 13.3 Å². The molecule has 0 aliphatic heterocycles. The molecule has 1 fully saturated rings. The number of aromatic nitrogens is 2. The minimum absolute atomic E-state index is 0.141. The first kappa shape index (κ1) is 7.68. The van der Waals surface area contributed by atoms with Crippen LogP contribution in [0.4, 0.5) is 0 Å². The van der Waals surface area contributed by atoms with Crippen molar-refractivity contribution in [1.29, 1.82) is 0 Å². The maximum absolute atomic E-state index is 6.13. The third kappa shape index (κ3) is 1.01. The van der Waals surface area contributed by atoms with Crippen LogP contribution in [0.1, 0.15) is 25.5 Å². The standard InChI is InChI=1S/C9H13N3/c1-2-7-5-9(7,10)8-3-4-11-6-12-8/h3-4,6-7H,2,5,10H2,1H3. The van der Waals surface area contributed by atoms with Crippen LogP contribution >= 0.6 is 0 Å². The van der Waals surface area contributed by atoms with Crippen molar-refractivity contribution in [2.45, 2.75) is 25.3 Å². The third-order valence-corrected chi connectivity index (χ3v) is 2.70. The van der Waals surface area contributed by atoms with E-state index in [9.17, 15) is 0 Å². The summed E-state index contributed by atoms with van der Waals surface area (Å²) in [6.07, 6.45) is 5.53. The van der Waals surface area contributed by atoms with Gasteiger partial charge in [-0.2, -0.15) is 0 Å². The molecule has 0 aromatic carbocycles. The van der Waals surface area contributed by atoms with Gasteiger partial charge in [-0.25, -0.2) is 9.97 Å². The smallest absolute Gasteiger partial charge is 0.115 e. The predicted molar refractivity (Wildman–Crippen MR) is 46.3 cm³/mol. The van der Waals surface area contributed by atoms with E-state index >= 15 is 0 Å².